The third-order valence-electron chi connectivity index (χ3n) is 3.80. The molecule has 2 atom stereocenters. The molecule has 116 valence electrons. The molecule has 0 aliphatic rings. The molecule has 0 radical (unpaired) electrons. The number of thioether (sulfide) groups is 1. The van der Waals surface area contributed by atoms with Crippen LogP contribution in [-0.2, 0) is 13.1 Å². The highest BCUT2D eigenvalue weighted by atomic mass is 32.2. The molecule has 2 aromatic rings. The van der Waals surface area contributed by atoms with Crippen LogP contribution in [0.4, 0.5) is 0 Å². The van der Waals surface area contributed by atoms with Crippen molar-refractivity contribution in [1.82, 2.24) is 14.9 Å². The number of aliphatic hydroxyl groups is 1. The standard InChI is InChI=1S/C16H25N3OS/c1-4-9-19-14-8-6-5-7-13(14)18-16(19)10-17-12(2)15(11-20)21-3/h5-8,12,15,17,20H,4,9-11H2,1-3H3. The van der Waals surface area contributed by atoms with Gasteiger partial charge in [0.1, 0.15) is 5.82 Å². The van der Waals surface area contributed by atoms with Crippen LogP contribution >= 0.6 is 11.8 Å². The SMILES string of the molecule is CCCn1c(CNC(C)C(CO)SC)nc2ccccc21. The number of aliphatic hydroxyl groups excluding tert-OH is 1. The first kappa shape index (κ1) is 16.3. The van der Waals surface area contributed by atoms with E-state index in [2.05, 4.69) is 41.9 Å². The average molecular weight is 307 g/mol. The van der Waals surface area contributed by atoms with Gasteiger partial charge in [0.2, 0.25) is 0 Å². The zero-order valence-electron chi connectivity index (χ0n) is 13.0. The van der Waals surface area contributed by atoms with E-state index in [9.17, 15) is 5.11 Å². The molecule has 0 saturated carbocycles. The Labute approximate surface area is 131 Å². The number of benzene rings is 1. The molecule has 2 rings (SSSR count). The van der Waals surface area contributed by atoms with E-state index in [-0.39, 0.29) is 17.9 Å². The summed E-state index contributed by atoms with van der Waals surface area (Å²) in [4.78, 5) is 4.75. The van der Waals surface area contributed by atoms with E-state index in [0.29, 0.717) is 0 Å². The van der Waals surface area contributed by atoms with Crippen molar-refractivity contribution in [3.63, 3.8) is 0 Å². The average Bonchev–Trinajstić information content (AvgIpc) is 2.85. The molecule has 5 heteroatoms. The largest absolute Gasteiger partial charge is 0.395 e. The lowest BCUT2D eigenvalue weighted by Gasteiger charge is -2.21. The van der Waals surface area contributed by atoms with Crippen molar-refractivity contribution in [3.05, 3.63) is 30.1 Å². The van der Waals surface area contributed by atoms with Crippen LogP contribution in [0.2, 0.25) is 0 Å². The number of aromatic nitrogens is 2. The van der Waals surface area contributed by atoms with Crippen molar-refractivity contribution in [2.75, 3.05) is 12.9 Å². The van der Waals surface area contributed by atoms with E-state index in [1.165, 1.54) is 5.52 Å². The second kappa shape index (κ2) is 7.82. The van der Waals surface area contributed by atoms with Gasteiger partial charge in [0.05, 0.1) is 24.2 Å². The van der Waals surface area contributed by atoms with Crippen molar-refractivity contribution in [2.45, 2.75) is 44.6 Å². The van der Waals surface area contributed by atoms with Crippen LogP contribution in [0.1, 0.15) is 26.1 Å². The maximum Gasteiger partial charge on any atom is 0.123 e. The van der Waals surface area contributed by atoms with Crippen LogP contribution in [0.3, 0.4) is 0 Å². The number of aryl methyl sites for hydroxylation is 1. The second-order valence-corrected chi connectivity index (χ2v) is 6.37. The summed E-state index contributed by atoms with van der Waals surface area (Å²) in [6, 6.07) is 8.53. The predicted octanol–water partition coefficient (Wildman–Crippen LogP) is 2.65. The first-order chi connectivity index (χ1) is 10.2. The highest BCUT2D eigenvalue weighted by Crippen LogP contribution is 2.17. The van der Waals surface area contributed by atoms with Gasteiger partial charge in [0, 0.05) is 17.8 Å². The van der Waals surface area contributed by atoms with Crippen LogP contribution in [0, 0.1) is 0 Å². The number of nitrogens with zero attached hydrogens (tertiary/aromatic N) is 2. The van der Waals surface area contributed by atoms with Crippen molar-refractivity contribution in [3.8, 4) is 0 Å². The molecule has 1 heterocycles. The van der Waals surface area contributed by atoms with Gasteiger partial charge in [-0.05, 0) is 31.7 Å². The Balaban J connectivity index is 2.15. The predicted molar refractivity (Wildman–Crippen MR) is 90.7 cm³/mol. The van der Waals surface area contributed by atoms with E-state index >= 15 is 0 Å². The second-order valence-electron chi connectivity index (χ2n) is 5.29. The summed E-state index contributed by atoms with van der Waals surface area (Å²) < 4.78 is 2.29. The van der Waals surface area contributed by atoms with Gasteiger partial charge in [-0.3, -0.25) is 0 Å². The third-order valence-corrected chi connectivity index (χ3v) is 4.97. The first-order valence-electron chi connectivity index (χ1n) is 7.52. The van der Waals surface area contributed by atoms with Gasteiger partial charge in [0.15, 0.2) is 0 Å². The number of rotatable bonds is 8. The minimum Gasteiger partial charge on any atom is -0.395 e. The summed E-state index contributed by atoms with van der Waals surface area (Å²) in [5.41, 5.74) is 2.26. The molecular weight excluding hydrogens is 282 g/mol. The molecule has 1 aromatic carbocycles. The fourth-order valence-corrected chi connectivity index (χ4v) is 3.21. The maximum atomic E-state index is 9.37. The number of imidazole rings is 1. The Morgan fingerprint density at radius 3 is 2.81 bits per heavy atom. The Morgan fingerprint density at radius 1 is 1.38 bits per heavy atom. The number of para-hydroxylation sites is 2. The van der Waals surface area contributed by atoms with E-state index < -0.39 is 0 Å². The highest BCUT2D eigenvalue weighted by Gasteiger charge is 2.16. The molecule has 4 nitrogen and oxygen atoms in total. The van der Waals surface area contributed by atoms with Crippen molar-refractivity contribution < 1.29 is 5.11 Å². The summed E-state index contributed by atoms with van der Waals surface area (Å²) in [5, 5.41) is 13.1. The molecule has 2 N–H and O–H groups in total. The number of fused-ring (bicyclic) bond motifs is 1. The van der Waals surface area contributed by atoms with E-state index in [1.54, 1.807) is 11.8 Å². The van der Waals surface area contributed by atoms with Crippen LogP contribution in [0.25, 0.3) is 11.0 Å². The molecule has 0 spiro atoms. The number of hydrogen-bond donors (Lipinski definition) is 2. The molecule has 0 fully saturated rings. The van der Waals surface area contributed by atoms with Crippen LogP contribution in [0.15, 0.2) is 24.3 Å². The molecule has 21 heavy (non-hydrogen) atoms. The summed E-state index contributed by atoms with van der Waals surface area (Å²) in [6.45, 7) is 6.21. The zero-order valence-corrected chi connectivity index (χ0v) is 13.9. The number of hydrogen-bond acceptors (Lipinski definition) is 4. The summed E-state index contributed by atoms with van der Waals surface area (Å²) in [6.07, 6.45) is 3.12. The molecule has 0 aliphatic carbocycles. The minimum absolute atomic E-state index is 0.195. The summed E-state index contributed by atoms with van der Waals surface area (Å²) in [7, 11) is 0. The molecule has 0 saturated heterocycles. The van der Waals surface area contributed by atoms with Crippen molar-refractivity contribution in [2.24, 2.45) is 0 Å². The fourth-order valence-electron chi connectivity index (χ4n) is 2.55. The topological polar surface area (TPSA) is 50.1 Å². The third kappa shape index (κ3) is 3.78. The van der Waals surface area contributed by atoms with Gasteiger partial charge in [-0.2, -0.15) is 11.8 Å². The molecule has 0 bridgehead atoms. The fraction of sp³-hybridized carbons (Fsp3) is 0.562. The Bertz CT molecular complexity index is 566. The minimum atomic E-state index is 0.195. The van der Waals surface area contributed by atoms with Crippen LogP contribution < -0.4 is 5.32 Å². The van der Waals surface area contributed by atoms with Crippen molar-refractivity contribution in [1.29, 1.82) is 0 Å². The van der Waals surface area contributed by atoms with Gasteiger partial charge in [0.25, 0.3) is 0 Å². The first-order valence-corrected chi connectivity index (χ1v) is 8.81. The molecule has 1 aromatic heterocycles. The Morgan fingerprint density at radius 2 is 2.14 bits per heavy atom. The Kier molecular flexibility index (Phi) is 6.08. The molecule has 2 unspecified atom stereocenters. The van der Waals surface area contributed by atoms with Gasteiger partial charge in [-0.1, -0.05) is 19.1 Å². The molecule has 0 aliphatic heterocycles. The molecular formula is C16H25N3OS. The molecule has 0 amide bonds. The quantitative estimate of drug-likeness (QED) is 0.787. The highest BCUT2D eigenvalue weighted by molar-refractivity contribution is 7.99. The Hall–Kier alpha value is -1.04. The lowest BCUT2D eigenvalue weighted by Crippen LogP contribution is -2.37. The zero-order chi connectivity index (χ0) is 15.2. The van der Waals surface area contributed by atoms with E-state index in [1.807, 2.05) is 12.3 Å². The van der Waals surface area contributed by atoms with Gasteiger partial charge in [-0.25, -0.2) is 4.98 Å². The summed E-state index contributed by atoms with van der Waals surface area (Å²) >= 11 is 1.69. The van der Waals surface area contributed by atoms with Gasteiger partial charge < -0.3 is 15.0 Å². The van der Waals surface area contributed by atoms with E-state index in [4.69, 9.17) is 4.98 Å². The van der Waals surface area contributed by atoms with Crippen LogP contribution in [0.5, 0.6) is 0 Å². The van der Waals surface area contributed by atoms with Gasteiger partial charge >= 0.3 is 0 Å². The van der Waals surface area contributed by atoms with Crippen LogP contribution in [-0.4, -0.2) is 38.8 Å². The monoisotopic (exact) mass is 307 g/mol. The smallest absolute Gasteiger partial charge is 0.123 e. The number of nitrogens with one attached hydrogen (secondary N) is 1. The normalized spacial score (nSPS) is 14.5. The van der Waals surface area contributed by atoms with E-state index in [0.717, 1.165) is 30.9 Å². The lowest BCUT2D eigenvalue weighted by atomic mass is 10.2. The maximum absolute atomic E-state index is 9.37. The lowest BCUT2D eigenvalue weighted by molar-refractivity contribution is 0.275. The summed E-state index contributed by atoms with van der Waals surface area (Å²) in [5.74, 6) is 1.07. The van der Waals surface area contributed by atoms with Crippen molar-refractivity contribution >= 4 is 22.8 Å². The van der Waals surface area contributed by atoms with Gasteiger partial charge in [-0.15, -0.1) is 0 Å².